The van der Waals surface area contributed by atoms with Gasteiger partial charge in [0, 0.05) is 0 Å². The molecule has 0 spiro atoms. The highest BCUT2D eigenvalue weighted by Crippen LogP contribution is 2.37. The lowest BCUT2D eigenvalue weighted by molar-refractivity contribution is -0.123. The fourth-order valence-corrected chi connectivity index (χ4v) is 4.62. The molecule has 2 aromatic carbocycles. The van der Waals surface area contributed by atoms with Crippen molar-refractivity contribution in [2.75, 3.05) is 13.2 Å². The third kappa shape index (κ3) is 5.14. The fourth-order valence-electron chi connectivity index (χ4n) is 3.00. The Labute approximate surface area is 188 Å². The van der Waals surface area contributed by atoms with Crippen LogP contribution in [0.15, 0.2) is 41.3 Å². The lowest BCUT2D eigenvalue weighted by atomic mass is 10.1. The summed E-state index contributed by atoms with van der Waals surface area (Å²) in [5.41, 5.74) is 2.82. The number of nitrogens with zero attached hydrogens (tertiary/aromatic N) is 1. The van der Waals surface area contributed by atoms with Crippen molar-refractivity contribution in [3.63, 3.8) is 0 Å². The molecular weight excluding hydrogens is 501 g/mol. The summed E-state index contributed by atoms with van der Waals surface area (Å²) in [6.07, 6.45) is 1.74. The molecule has 1 saturated heterocycles. The van der Waals surface area contributed by atoms with Crippen molar-refractivity contribution in [2.24, 2.45) is 0 Å². The van der Waals surface area contributed by atoms with Crippen molar-refractivity contribution in [3.05, 3.63) is 61.6 Å². The van der Waals surface area contributed by atoms with E-state index in [1.807, 2.05) is 57.2 Å². The number of hydrogen-bond acceptors (Lipinski definition) is 5. The summed E-state index contributed by atoms with van der Waals surface area (Å²) in [4.78, 5) is 27.0. The van der Waals surface area contributed by atoms with Crippen molar-refractivity contribution in [3.8, 4) is 11.5 Å². The standard InChI is InChI=1S/C22H22INO4S/c1-4-27-18-11-16(10-17(23)20(18)28-5-2)12-19-21(25)24(22(26)29-19)13-15-8-6-7-14(3)9-15/h6-12H,4-5,13H2,1-3H3/b19-12-. The molecular formula is C22H22INO4S. The maximum Gasteiger partial charge on any atom is 0.293 e. The molecule has 1 aliphatic rings. The average Bonchev–Trinajstić information content (AvgIpc) is 2.92. The van der Waals surface area contributed by atoms with Crippen LogP contribution >= 0.6 is 34.4 Å². The first-order chi connectivity index (χ1) is 13.9. The molecule has 0 N–H and O–H groups in total. The SMILES string of the molecule is CCOc1cc(/C=C2\SC(=O)N(Cc3cccc(C)c3)C2=O)cc(I)c1OCC. The smallest absolute Gasteiger partial charge is 0.293 e. The molecule has 152 valence electrons. The zero-order valence-electron chi connectivity index (χ0n) is 16.5. The normalized spacial score (nSPS) is 15.3. The number of ether oxygens (including phenoxy) is 2. The van der Waals surface area contributed by atoms with Gasteiger partial charge in [0.05, 0.1) is 28.2 Å². The van der Waals surface area contributed by atoms with E-state index < -0.39 is 0 Å². The third-order valence-corrected chi connectivity index (χ3v) is 5.92. The number of aryl methyl sites for hydroxylation is 1. The molecule has 1 aliphatic heterocycles. The second-order valence-corrected chi connectivity index (χ2v) is 8.61. The Kier molecular flexibility index (Phi) is 7.23. The summed E-state index contributed by atoms with van der Waals surface area (Å²) >= 11 is 3.15. The number of hydrogen-bond donors (Lipinski definition) is 0. The Balaban J connectivity index is 1.87. The minimum absolute atomic E-state index is 0.256. The second-order valence-electron chi connectivity index (χ2n) is 6.45. The first-order valence-electron chi connectivity index (χ1n) is 9.33. The predicted molar refractivity (Wildman–Crippen MR) is 124 cm³/mol. The zero-order valence-corrected chi connectivity index (χ0v) is 19.5. The Morgan fingerprint density at radius 2 is 1.86 bits per heavy atom. The predicted octanol–water partition coefficient (Wildman–Crippen LogP) is 5.63. The Bertz CT molecular complexity index is 973. The number of benzene rings is 2. The van der Waals surface area contributed by atoms with Gasteiger partial charge in [-0.2, -0.15) is 0 Å². The lowest BCUT2D eigenvalue weighted by Gasteiger charge is -2.14. The van der Waals surface area contributed by atoms with E-state index in [-0.39, 0.29) is 17.7 Å². The van der Waals surface area contributed by atoms with Gasteiger partial charge >= 0.3 is 0 Å². The van der Waals surface area contributed by atoms with E-state index in [0.29, 0.717) is 29.6 Å². The molecule has 0 saturated carbocycles. The lowest BCUT2D eigenvalue weighted by Crippen LogP contribution is -2.27. The number of rotatable bonds is 7. The van der Waals surface area contributed by atoms with Crippen LogP contribution in [0, 0.1) is 10.5 Å². The number of imide groups is 1. The van der Waals surface area contributed by atoms with E-state index >= 15 is 0 Å². The maximum absolute atomic E-state index is 12.8. The van der Waals surface area contributed by atoms with E-state index in [0.717, 1.165) is 32.0 Å². The first kappa shape index (κ1) is 21.7. The quantitative estimate of drug-likeness (QED) is 0.348. The molecule has 3 rings (SSSR count). The topological polar surface area (TPSA) is 55.8 Å². The van der Waals surface area contributed by atoms with Crippen LogP contribution in [0.25, 0.3) is 6.08 Å². The fraction of sp³-hybridized carbons (Fsp3) is 0.273. The average molecular weight is 523 g/mol. The van der Waals surface area contributed by atoms with Gasteiger partial charge in [0.15, 0.2) is 11.5 Å². The van der Waals surface area contributed by atoms with Crippen LogP contribution in [0.1, 0.15) is 30.5 Å². The molecule has 0 radical (unpaired) electrons. The molecule has 0 atom stereocenters. The maximum atomic E-state index is 12.8. The third-order valence-electron chi connectivity index (χ3n) is 4.21. The Morgan fingerprint density at radius 3 is 2.55 bits per heavy atom. The van der Waals surface area contributed by atoms with Crippen LogP contribution in [0.3, 0.4) is 0 Å². The second kappa shape index (κ2) is 9.67. The molecule has 2 amide bonds. The van der Waals surface area contributed by atoms with Crippen molar-refractivity contribution in [1.82, 2.24) is 4.90 Å². The summed E-state index contributed by atoms with van der Waals surface area (Å²) in [5.74, 6) is 1.05. The van der Waals surface area contributed by atoms with Crippen molar-refractivity contribution < 1.29 is 19.1 Å². The van der Waals surface area contributed by atoms with E-state index in [1.54, 1.807) is 6.08 Å². The molecule has 7 heteroatoms. The number of carbonyl (C=O) groups is 2. The zero-order chi connectivity index (χ0) is 21.0. The van der Waals surface area contributed by atoms with Gasteiger partial charge in [-0.3, -0.25) is 14.5 Å². The largest absolute Gasteiger partial charge is 0.490 e. The van der Waals surface area contributed by atoms with Crippen LogP contribution in [-0.2, 0) is 11.3 Å². The van der Waals surface area contributed by atoms with Crippen molar-refractivity contribution in [2.45, 2.75) is 27.3 Å². The molecule has 2 aromatic rings. The molecule has 1 fully saturated rings. The van der Waals surface area contributed by atoms with Crippen molar-refractivity contribution in [1.29, 1.82) is 0 Å². The number of carbonyl (C=O) groups excluding carboxylic acids is 2. The molecule has 5 nitrogen and oxygen atoms in total. The van der Waals surface area contributed by atoms with Gasteiger partial charge in [0.1, 0.15) is 0 Å². The van der Waals surface area contributed by atoms with Crippen LogP contribution in [-0.4, -0.2) is 29.3 Å². The van der Waals surface area contributed by atoms with Gasteiger partial charge in [-0.15, -0.1) is 0 Å². The summed E-state index contributed by atoms with van der Waals surface area (Å²) < 4.78 is 12.3. The van der Waals surface area contributed by atoms with Crippen LogP contribution < -0.4 is 9.47 Å². The van der Waals surface area contributed by atoms with E-state index in [2.05, 4.69) is 22.6 Å². The van der Waals surface area contributed by atoms with Gasteiger partial charge < -0.3 is 9.47 Å². The number of amides is 2. The molecule has 1 heterocycles. The number of thioether (sulfide) groups is 1. The highest BCUT2D eigenvalue weighted by atomic mass is 127. The molecule has 29 heavy (non-hydrogen) atoms. The summed E-state index contributed by atoms with van der Waals surface area (Å²) in [6, 6.07) is 11.6. The van der Waals surface area contributed by atoms with Gasteiger partial charge in [0.2, 0.25) is 0 Å². The van der Waals surface area contributed by atoms with Gasteiger partial charge in [-0.1, -0.05) is 29.8 Å². The molecule has 0 aromatic heterocycles. The van der Waals surface area contributed by atoms with Crippen molar-refractivity contribution >= 4 is 51.6 Å². The van der Waals surface area contributed by atoms with E-state index in [4.69, 9.17) is 9.47 Å². The summed E-state index contributed by atoms with van der Waals surface area (Å²) in [7, 11) is 0. The first-order valence-corrected chi connectivity index (χ1v) is 11.2. The van der Waals surface area contributed by atoms with Crippen LogP contribution in [0.2, 0.25) is 0 Å². The minimum Gasteiger partial charge on any atom is -0.490 e. The Hall–Kier alpha value is -2.00. The molecule has 0 aliphatic carbocycles. The number of halogens is 1. The summed E-state index contributed by atoms with van der Waals surface area (Å²) in [5, 5.41) is -0.256. The minimum atomic E-state index is -0.275. The van der Waals surface area contributed by atoms with Gasteiger partial charge in [0.25, 0.3) is 11.1 Å². The van der Waals surface area contributed by atoms with Crippen LogP contribution in [0.5, 0.6) is 11.5 Å². The van der Waals surface area contributed by atoms with E-state index in [1.165, 1.54) is 4.90 Å². The van der Waals surface area contributed by atoms with Gasteiger partial charge in [-0.25, -0.2) is 0 Å². The highest BCUT2D eigenvalue weighted by molar-refractivity contribution is 14.1. The molecule has 0 bridgehead atoms. The molecule has 0 unspecified atom stereocenters. The summed E-state index contributed by atoms with van der Waals surface area (Å²) in [6.45, 7) is 7.13. The van der Waals surface area contributed by atoms with Gasteiger partial charge in [-0.05, 0) is 84.5 Å². The highest BCUT2D eigenvalue weighted by Gasteiger charge is 2.35. The Morgan fingerprint density at radius 1 is 1.10 bits per heavy atom. The van der Waals surface area contributed by atoms with Crippen LogP contribution in [0.4, 0.5) is 4.79 Å². The monoisotopic (exact) mass is 523 g/mol. The van der Waals surface area contributed by atoms with E-state index in [9.17, 15) is 9.59 Å².